The van der Waals surface area contributed by atoms with Gasteiger partial charge in [-0.2, -0.15) is 0 Å². The van der Waals surface area contributed by atoms with Crippen LogP contribution in [0.4, 0.5) is 0 Å². The second-order valence-electron chi connectivity index (χ2n) is 15.7. The molecule has 5 unspecified atom stereocenters. The van der Waals surface area contributed by atoms with Crippen LogP contribution in [0.1, 0.15) is 112 Å². The number of azide groups is 1. The van der Waals surface area contributed by atoms with E-state index in [0.717, 1.165) is 0 Å². The van der Waals surface area contributed by atoms with Crippen molar-refractivity contribution in [2.75, 3.05) is 26.4 Å². The number of rotatable bonds is 24. The molecule has 0 saturated carbocycles. The van der Waals surface area contributed by atoms with Crippen LogP contribution in [0.25, 0.3) is 10.4 Å². The third kappa shape index (κ3) is 15.6. The van der Waals surface area contributed by atoms with E-state index in [9.17, 15) is 28.8 Å². The topological polar surface area (TPSA) is 268 Å². The van der Waals surface area contributed by atoms with Crippen LogP contribution in [0.15, 0.2) is 35.4 Å². The zero-order valence-electron chi connectivity index (χ0n) is 38.3. The Bertz CT molecular complexity index is 1770. The van der Waals surface area contributed by atoms with Crippen molar-refractivity contribution in [3.05, 3.63) is 46.3 Å². The van der Waals surface area contributed by atoms with Gasteiger partial charge in [-0.25, -0.2) is 0 Å². The van der Waals surface area contributed by atoms with E-state index in [1.165, 1.54) is 0 Å². The van der Waals surface area contributed by atoms with Crippen molar-refractivity contribution in [3.63, 3.8) is 0 Å². The largest absolute Gasteiger partial charge is 0.462 e. The molecule has 3 heterocycles. The number of esters is 4. The monoisotopic (exact) mass is 919 g/mol. The molecule has 1 aromatic carbocycles. The fourth-order valence-electron chi connectivity index (χ4n) is 7.42. The molecule has 0 spiro atoms. The predicted molar refractivity (Wildman–Crippen MR) is 227 cm³/mol. The molecule has 362 valence electrons. The Kier molecular flexibility index (Phi) is 21.8. The summed E-state index contributed by atoms with van der Waals surface area (Å²) in [5.41, 5.74) is 9.60. The van der Waals surface area contributed by atoms with Gasteiger partial charge in [0.2, 0.25) is 11.8 Å². The van der Waals surface area contributed by atoms with Crippen molar-refractivity contribution < 1.29 is 76.1 Å². The van der Waals surface area contributed by atoms with E-state index in [-0.39, 0.29) is 64.9 Å². The summed E-state index contributed by atoms with van der Waals surface area (Å²) in [6, 6.07) is 6.85. The molecule has 65 heavy (non-hydrogen) atoms. The first-order chi connectivity index (χ1) is 31.3. The van der Waals surface area contributed by atoms with Crippen LogP contribution >= 0.6 is 0 Å². The first-order valence-corrected chi connectivity index (χ1v) is 22.5. The van der Waals surface area contributed by atoms with Crippen LogP contribution in [-0.2, 0) is 76.1 Å². The molecule has 0 aliphatic carbocycles. The zero-order chi connectivity index (χ0) is 47.5. The van der Waals surface area contributed by atoms with E-state index < -0.39 is 115 Å². The maximum absolute atomic E-state index is 13.8. The average Bonchev–Trinajstić information content (AvgIpc) is 3.31. The van der Waals surface area contributed by atoms with Crippen LogP contribution in [0.5, 0.6) is 0 Å². The number of carbonyl (C=O) groups is 6. The minimum absolute atomic E-state index is 0.00250. The standard InChI is InChI=1S/C44H65N5O16/c1-8-27(59-33(52)10-3)21-31(50)47-37-39(63-35(54)12-5)25(7)29(61-43(37)56-20-19-46-49-45)23-58-44-38(48-32(51)22-28(9-2)60-34(53)11-4)41(64-36(55)13-6)40-30(62-44)24-57-42(65-40)26-17-15-14-16-18-26/h14-18,25,27-30,37-44H,8-13,19-24H2,1-7H3,(H,47,50)(H,48,51)/t25-,27-,28-,29?,30?,37?,38?,39+,40-,41-,42?,43-,44-/m1/s1. The molecule has 1 aromatic rings. The third-order valence-corrected chi connectivity index (χ3v) is 11.1. The maximum atomic E-state index is 13.8. The second kappa shape index (κ2) is 26.9. The fraction of sp³-hybridized carbons (Fsp3) is 0.727. The van der Waals surface area contributed by atoms with Gasteiger partial charge in [0.15, 0.2) is 25.0 Å². The molecule has 0 aromatic heterocycles. The Morgan fingerprint density at radius 2 is 1.28 bits per heavy atom. The number of nitrogens with zero attached hydrogens (tertiary/aromatic N) is 3. The van der Waals surface area contributed by atoms with Crippen LogP contribution in [0.2, 0.25) is 0 Å². The molecule has 0 bridgehead atoms. The van der Waals surface area contributed by atoms with Gasteiger partial charge in [0, 0.05) is 48.6 Å². The number of fused-ring (bicyclic) bond motifs is 1. The van der Waals surface area contributed by atoms with Gasteiger partial charge in [0.1, 0.15) is 42.6 Å². The molecule has 3 aliphatic rings. The predicted octanol–water partition coefficient (Wildman–Crippen LogP) is 4.39. The number of benzene rings is 1. The van der Waals surface area contributed by atoms with Gasteiger partial charge in [-0.1, -0.05) is 83.9 Å². The summed E-state index contributed by atoms with van der Waals surface area (Å²) >= 11 is 0. The van der Waals surface area contributed by atoms with Crippen molar-refractivity contribution in [1.82, 2.24) is 10.6 Å². The highest BCUT2D eigenvalue weighted by Gasteiger charge is 2.54. The molecular weight excluding hydrogens is 855 g/mol. The molecule has 3 fully saturated rings. The van der Waals surface area contributed by atoms with Gasteiger partial charge in [-0.05, 0) is 18.4 Å². The smallest absolute Gasteiger partial charge is 0.305 e. The van der Waals surface area contributed by atoms with E-state index in [1.54, 1.807) is 48.5 Å². The van der Waals surface area contributed by atoms with Gasteiger partial charge in [-0.15, -0.1) is 0 Å². The first-order valence-electron chi connectivity index (χ1n) is 22.5. The number of carbonyl (C=O) groups excluding carboxylic acids is 6. The van der Waals surface area contributed by atoms with E-state index in [1.807, 2.05) is 30.3 Å². The minimum atomic E-state index is -1.33. The highest BCUT2D eigenvalue weighted by Crippen LogP contribution is 2.37. The summed E-state index contributed by atoms with van der Waals surface area (Å²) in [5, 5.41) is 9.30. The second-order valence-corrected chi connectivity index (χ2v) is 15.7. The number of nitrogens with one attached hydrogen (secondary N) is 2. The zero-order valence-corrected chi connectivity index (χ0v) is 38.3. The van der Waals surface area contributed by atoms with Gasteiger partial charge in [0.25, 0.3) is 0 Å². The Balaban J connectivity index is 1.66. The molecule has 2 amide bonds. The van der Waals surface area contributed by atoms with E-state index in [2.05, 4.69) is 20.7 Å². The quantitative estimate of drug-likeness (QED) is 0.0364. The van der Waals surface area contributed by atoms with Gasteiger partial charge in [0.05, 0.1) is 38.8 Å². The van der Waals surface area contributed by atoms with E-state index >= 15 is 0 Å². The maximum Gasteiger partial charge on any atom is 0.305 e. The first kappa shape index (κ1) is 52.7. The summed E-state index contributed by atoms with van der Waals surface area (Å²) in [6.45, 7) is 11.3. The Morgan fingerprint density at radius 3 is 1.82 bits per heavy atom. The summed E-state index contributed by atoms with van der Waals surface area (Å²) in [4.78, 5) is 80.4. The third-order valence-electron chi connectivity index (χ3n) is 11.1. The molecular formula is C44H65N5O16. The van der Waals surface area contributed by atoms with Crippen molar-refractivity contribution in [3.8, 4) is 0 Å². The molecule has 13 atom stereocenters. The molecule has 4 rings (SSSR count). The highest BCUT2D eigenvalue weighted by molar-refractivity contribution is 5.78. The average molecular weight is 920 g/mol. The Morgan fingerprint density at radius 1 is 0.738 bits per heavy atom. The lowest BCUT2D eigenvalue weighted by molar-refractivity contribution is -0.350. The number of hydrogen-bond donors (Lipinski definition) is 2. The molecule has 21 nitrogen and oxygen atoms in total. The van der Waals surface area contributed by atoms with Crippen LogP contribution < -0.4 is 10.6 Å². The van der Waals surface area contributed by atoms with Crippen LogP contribution in [0.3, 0.4) is 0 Å². The van der Waals surface area contributed by atoms with Crippen LogP contribution in [0, 0.1) is 5.92 Å². The SMILES string of the molecule is CCC(=O)O[C@H](CC)CC(=O)NC1[C@H](OCCN=[N+]=[N-])OC(CO[C@@H]2OC3COC(c4ccccc4)O[C@H]3[C@H](OC(=O)CC)C2NC(=O)C[C@@H](CC)OC(=O)CC)[C@@H](C)[C@@H]1OC(=O)CC. The molecule has 0 radical (unpaired) electrons. The van der Waals surface area contributed by atoms with Crippen LogP contribution in [-0.4, -0.2) is 129 Å². The Hall–Kier alpha value is -4.89. The van der Waals surface area contributed by atoms with E-state index in [0.29, 0.717) is 18.4 Å². The number of hydrogen-bond acceptors (Lipinski definition) is 17. The van der Waals surface area contributed by atoms with Crippen molar-refractivity contribution in [2.45, 2.75) is 174 Å². The normalized spacial score (nSPS) is 28.2. The lowest BCUT2D eigenvalue weighted by atomic mass is 9.88. The van der Waals surface area contributed by atoms with Gasteiger partial charge < -0.3 is 58.0 Å². The molecule has 2 N–H and O–H groups in total. The molecule has 21 heteroatoms. The number of ether oxygens (including phenoxy) is 10. The minimum Gasteiger partial charge on any atom is -0.462 e. The summed E-state index contributed by atoms with van der Waals surface area (Å²) in [6.07, 6.45) is -9.42. The van der Waals surface area contributed by atoms with Crippen molar-refractivity contribution in [2.24, 2.45) is 11.0 Å². The summed E-state index contributed by atoms with van der Waals surface area (Å²) < 4.78 is 60.8. The van der Waals surface area contributed by atoms with E-state index in [4.69, 9.17) is 52.9 Å². The summed E-state index contributed by atoms with van der Waals surface area (Å²) in [5.74, 6) is -3.89. The fourth-order valence-corrected chi connectivity index (χ4v) is 7.42. The lowest BCUT2D eigenvalue weighted by Gasteiger charge is -2.49. The van der Waals surface area contributed by atoms with Gasteiger partial charge in [-0.3, -0.25) is 28.8 Å². The Labute approximate surface area is 379 Å². The molecule has 3 saturated heterocycles. The van der Waals surface area contributed by atoms with Crippen molar-refractivity contribution in [1.29, 1.82) is 0 Å². The number of amides is 2. The summed E-state index contributed by atoms with van der Waals surface area (Å²) in [7, 11) is 0. The van der Waals surface area contributed by atoms with Gasteiger partial charge >= 0.3 is 23.9 Å². The lowest BCUT2D eigenvalue weighted by Crippen LogP contribution is -2.68. The highest BCUT2D eigenvalue weighted by atomic mass is 16.8. The van der Waals surface area contributed by atoms with Crippen molar-refractivity contribution >= 4 is 35.7 Å². The molecule has 3 aliphatic heterocycles.